The highest BCUT2D eigenvalue weighted by Gasteiger charge is 2.31. The summed E-state index contributed by atoms with van der Waals surface area (Å²) in [6.07, 6.45) is 1.35. The first-order valence-electron chi connectivity index (χ1n) is 9.77. The highest BCUT2D eigenvalue weighted by atomic mass is 16.5. The van der Waals surface area contributed by atoms with E-state index < -0.39 is 12.0 Å². The standard InChI is InChI=1S/C22H36N2O4/c1-13(12-22(5,6)7)11-17(25)23(8)16(4)20(26)18-14(2)19(21(27)28-10)24(9)15(18)3/h13,16H,11-12H2,1-10H3/t13-,16+/m1/s1. The lowest BCUT2D eigenvalue weighted by atomic mass is 9.84. The fraction of sp³-hybridized carbons (Fsp3) is 0.682. The van der Waals surface area contributed by atoms with Crippen LogP contribution in [0.1, 0.15) is 79.6 Å². The van der Waals surface area contributed by atoms with Gasteiger partial charge in [-0.3, -0.25) is 9.59 Å². The lowest BCUT2D eigenvalue weighted by Gasteiger charge is -2.28. The van der Waals surface area contributed by atoms with Gasteiger partial charge in [0.1, 0.15) is 5.69 Å². The predicted molar refractivity (Wildman–Crippen MR) is 111 cm³/mol. The number of ether oxygens (including phenoxy) is 1. The minimum absolute atomic E-state index is 0.0444. The number of hydrogen-bond acceptors (Lipinski definition) is 4. The predicted octanol–water partition coefficient (Wildman–Crippen LogP) is 3.92. The van der Waals surface area contributed by atoms with Crippen molar-refractivity contribution >= 4 is 17.7 Å². The van der Waals surface area contributed by atoms with Crippen LogP contribution in [0.15, 0.2) is 0 Å². The van der Waals surface area contributed by atoms with Gasteiger partial charge in [-0.25, -0.2) is 4.79 Å². The lowest BCUT2D eigenvalue weighted by molar-refractivity contribution is -0.132. The van der Waals surface area contributed by atoms with Crippen molar-refractivity contribution in [2.45, 2.75) is 67.3 Å². The summed E-state index contributed by atoms with van der Waals surface area (Å²) in [5, 5.41) is 0. The van der Waals surface area contributed by atoms with Gasteiger partial charge in [-0.1, -0.05) is 27.7 Å². The average Bonchev–Trinajstić information content (AvgIpc) is 2.79. The van der Waals surface area contributed by atoms with Crippen LogP contribution in [0.25, 0.3) is 0 Å². The molecule has 0 aliphatic carbocycles. The van der Waals surface area contributed by atoms with Crippen LogP contribution in [0, 0.1) is 25.2 Å². The molecular weight excluding hydrogens is 356 g/mol. The number of carbonyl (C=O) groups is 3. The molecule has 28 heavy (non-hydrogen) atoms. The van der Waals surface area contributed by atoms with Crippen molar-refractivity contribution in [1.29, 1.82) is 0 Å². The molecule has 1 rings (SSSR count). The Morgan fingerprint density at radius 3 is 2.14 bits per heavy atom. The topological polar surface area (TPSA) is 68.6 Å². The van der Waals surface area contributed by atoms with E-state index in [1.54, 1.807) is 39.4 Å². The van der Waals surface area contributed by atoms with E-state index in [0.29, 0.717) is 28.9 Å². The molecule has 0 saturated heterocycles. The van der Waals surface area contributed by atoms with Gasteiger partial charge in [0.05, 0.1) is 13.2 Å². The first-order valence-corrected chi connectivity index (χ1v) is 9.77. The number of ketones is 1. The first kappa shape index (κ1) is 23.9. The molecule has 1 amide bonds. The minimum atomic E-state index is -0.611. The van der Waals surface area contributed by atoms with Crippen LogP contribution in [-0.2, 0) is 16.6 Å². The second kappa shape index (κ2) is 8.93. The molecule has 0 spiro atoms. The zero-order chi connectivity index (χ0) is 22.0. The third-order valence-electron chi connectivity index (χ3n) is 5.39. The summed E-state index contributed by atoms with van der Waals surface area (Å²) in [4.78, 5) is 39.5. The Morgan fingerprint density at radius 1 is 1.14 bits per heavy atom. The third-order valence-corrected chi connectivity index (χ3v) is 5.39. The maximum atomic E-state index is 13.2. The number of Topliss-reactive ketones (excluding diaryl/α,β-unsaturated/α-hetero) is 1. The van der Waals surface area contributed by atoms with Gasteiger partial charge in [-0.2, -0.15) is 0 Å². The van der Waals surface area contributed by atoms with E-state index in [2.05, 4.69) is 27.7 Å². The Balaban J connectivity index is 3.04. The normalized spacial score (nSPS) is 13.8. The van der Waals surface area contributed by atoms with Crippen LogP contribution < -0.4 is 0 Å². The van der Waals surface area contributed by atoms with Crippen LogP contribution in [0.3, 0.4) is 0 Å². The molecule has 158 valence electrons. The smallest absolute Gasteiger partial charge is 0.354 e. The van der Waals surface area contributed by atoms with Gasteiger partial charge in [0.2, 0.25) is 5.91 Å². The minimum Gasteiger partial charge on any atom is -0.464 e. The van der Waals surface area contributed by atoms with E-state index in [1.807, 2.05) is 0 Å². The summed E-state index contributed by atoms with van der Waals surface area (Å²) >= 11 is 0. The molecule has 2 atom stereocenters. The number of nitrogens with zero attached hydrogens (tertiary/aromatic N) is 2. The summed E-state index contributed by atoms with van der Waals surface area (Å²) < 4.78 is 6.51. The van der Waals surface area contributed by atoms with Gasteiger partial charge >= 0.3 is 5.97 Å². The molecule has 0 aliphatic heterocycles. The molecule has 0 radical (unpaired) electrons. The number of rotatable bonds is 7. The third kappa shape index (κ3) is 5.24. The summed E-state index contributed by atoms with van der Waals surface area (Å²) in [7, 11) is 4.72. The highest BCUT2D eigenvalue weighted by molar-refractivity contribution is 6.06. The van der Waals surface area contributed by atoms with Gasteiger partial charge in [0.15, 0.2) is 5.78 Å². The van der Waals surface area contributed by atoms with Gasteiger partial charge in [0, 0.05) is 31.8 Å². The molecule has 1 heterocycles. The van der Waals surface area contributed by atoms with E-state index in [-0.39, 0.29) is 23.0 Å². The van der Waals surface area contributed by atoms with Crippen molar-refractivity contribution in [3.63, 3.8) is 0 Å². The van der Waals surface area contributed by atoms with Crippen molar-refractivity contribution in [2.24, 2.45) is 18.4 Å². The number of amides is 1. The van der Waals surface area contributed by atoms with Crippen molar-refractivity contribution in [3.05, 3.63) is 22.5 Å². The molecular formula is C22H36N2O4. The van der Waals surface area contributed by atoms with Crippen LogP contribution in [0.2, 0.25) is 0 Å². The molecule has 0 aliphatic rings. The number of likely N-dealkylation sites (N-methyl/N-ethyl adjacent to an activating group) is 1. The van der Waals surface area contributed by atoms with E-state index >= 15 is 0 Å². The van der Waals surface area contributed by atoms with Gasteiger partial charge in [0.25, 0.3) is 0 Å². The summed E-state index contributed by atoms with van der Waals surface area (Å²) in [5.41, 5.74) is 2.28. The SMILES string of the molecule is COC(=O)c1c(C)c(C(=O)[C@H](C)N(C)C(=O)C[C@@H](C)CC(C)(C)C)c(C)n1C. The molecule has 1 aromatic rings. The zero-order valence-electron chi connectivity index (χ0n) is 19.1. The maximum absolute atomic E-state index is 13.2. The van der Waals surface area contributed by atoms with Crippen LogP contribution >= 0.6 is 0 Å². The largest absolute Gasteiger partial charge is 0.464 e. The van der Waals surface area contributed by atoms with Crippen molar-refractivity contribution in [1.82, 2.24) is 9.47 Å². The van der Waals surface area contributed by atoms with Gasteiger partial charge in [-0.05, 0) is 44.1 Å². The molecule has 0 fully saturated rings. The molecule has 6 heteroatoms. The fourth-order valence-electron chi connectivity index (χ4n) is 3.89. The van der Waals surface area contributed by atoms with Crippen LogP contribution in [0.5, 0.6) is 0 Å². The quantitative estimate of drug-likeness (QED) is 0.521. The maximum Gasteiger partial charge on any atom is 0.354 e. The van der Waals surface area contributed by atoms with Gasteiger partial charge in [-0.15, -0.1) is 0 Å². The van der Waals surface area contributed by atoms with E-state index in [0.717, 1.165) is 6.42 Å². The van der Waals surface area contributed by atoms with E-state index in [9.17, 15) is 14.4 Å². The Kier molecular flexibility index (Phi) is 7.63. The number of methoxy groups -OCH3 is 1. The van der Waals surface area contributed by atoms with Crippen molar-refractivity contribution < 1.29 is 19.1 Å². The molecule has 0 unspecified atom stereocenters. The lowest BCUT2D eigenvalue weighted by Crippen LogP contribution is -2.41. The Hall–Kier alpha value is -2.11. The van der Waals surface area contributed by atoms with E-state index in [4.69, 9.17) is 4.74 Å². The number of carbonyl (C=O) groups excluding carboxylic acids is 3. The summed E-state index contributed by atoms with van der Waals surface area (Å²) in [6.45, 7) is 13.8. The summed E-state index contributed by atoms with van der Waals surface area (Å²) in [6, 6.07) is -0.611. The molecule has 0 N–H and O–H groups in total. The second-order valence-corrected chi connectivity index (χ2v) is 9.10. The zero-order valence-corrected chi connectivity index (χ0v) is 19.1. The van der Waals surface area contributed by atoms with Crippen LogP contribution in [0.4, 0.5) is 0 Å². The number of aromatic nitrogens is 1. The Morgan fingerprint density at radius 2 is 1.68 bits per heavy atom. The van der Waals surface area contributed by atoms with Crippen molar-refractivity contribution in [3.8, 4) is 0 Å². The first-order chi connectivity index (χ1) is 12.7. The van der Waals surface area contributed by atoms with Crippen molar-refractivity contribution in [2.75, 3.05) is 14.2 Å². The number of esters is 1. The molecule has 1 aromatic heterocycles. The van der Waals surface area contributed by atoms with Crippen LogP contribution in [-0.4, -0.2) is 47.3 Å². The van der Waals surface area contributed by atoms with E-state index in [1.165, 1.54) is 12.0 Å². The monoisotopic (exact) mass is 392 g/mol. The number of hydrogen-bond donors (Lipinski definition) is 0. The fourth-order valence-corrected chi connectivity index (χ4v) is 3.89. The Labute approximate surface area is 169 Å². The Bertz CT molecular complexity index is 756. The summed E-state index contributed by atoms with van der Waals surface area (Å²) in [5.74, 6) is -0.448. The average molecular weight is 393 g/mol. The molecule has 0 aromatic carbocycles. The highest BCUT2D eigenvalue weighted by Crippen LogP contribution is 2.27. The van der Waals surface area contributed by atoms with Gasteiger partial charge < -0.3 is 14.2 Å². The second-order valence-electron chi connectivity index (χ2n) is 9.10. The molecule has 0 saturated carbocycles. The molecule has 0 bridgehead atoms. The molecule has 6 nitrogen and oxygen atoms in total.